The Morgan fingerprint density at radius 1 is 1.18 bits per heavy atom. The Morgan fingerprint density at radius 3 is 2.55 bits per heavy atom. The van der Waals surface area contributed by atoms with Gasteiger partial charge >= 0.3 is 0 Å². The molecule has 0 heterocycles. The van der Waals surface area contributed by atoms with Crippen LogP contribution in [-0.2, 0) is 11.3 Å². The molecule has 0 spiro atoms. The van der Waals surface area contributed by atoms with Crippen molar-refractivity contribution in [1.29, 1.82) is 0 Å². The molecule has 4 nitrogen and oxygen atoms in total. The summed E-state index contributed by atoms with van der Waals surface area (Å²) in [6.07, 6.45) is 0. The van der Waals surface area contributed by atoms with E-state index in [-0.39, 0.29) is 12.5 Å². The number of carbonyl (C=O) groups is 1. The summed E-state index contributed by atoms with van der Waals surface area (Å²) < 4.78 is 5.08. The molecule has 2 aromatic carbocycles. The topological polar surface area (TPSA) is 50.4 Å². The van der Waals surface area contributed by atoms with Crippen LogP contribution in [0.1, 0.15) is 11.1 Å². The van der Waals surface area contributed by atoms with Crippen molar-refractivity contribution in [3.63, 3.8) is 0 Å². The fourth-order valence-corrected chi connectivity index (χ4v) is 2.19. The number of hydrogen-bond donors (Lipinski definition) is 2. The highest BCUT2D eigenvalue weighted by molar-refractivity contribution is 6.32. The van der Waals surface area contributed by atoms with E-state index in [1.807, 2.05) is 37.3 Å². The number of methoxy groups -OCH3 is 1. The number of hydrogen-bond acceptors (Lipinski definition) is 3. The Kier molecular flexibility index (Phi) is 5.67. The van der Waals surface area contributed by atoms with Crippen LogP contribution in [0.5, 0.6) is 5.75 Å². The van der Waals surface area contributed by atoms with E-state index in [1.165, 1.54) is 5.56 Å². The molecule has 116 valence electrons. The van der Waals surface area contributed by atoms with Crippen molar-refractivity contribution < 1.29 is 9.53 Å². The zero-order valence-electron chi connectivity index (χ0n) is 12.7. The van der Waals surface area contributed by atoms with Gasteiger partial charge in [0, 0.05) is 12.2 Å². The molecule has 5 heteroatoms. The summed E-state index contributed by atoms with van der Waals surface area (Å²) in [6.45, 7) is 2.74. The van der Waals surface area contributed by atoms with Crippen molar-refractivity contribution in [2.24, 2.45) is 0 Å². The van der Waals surface area contributed by atoms with Crippen LogP contribution in [0.2, 0.25) is 5.02 Å². The molecule has 0 aliphatic carbocycles. The molecule has 0 atom stereocenters. The maximum absolute atomic E-state index is 11.8. The fraction of sp³-hybridized carbons (Fsp3) is 0.235. The number of amides is 1. The molecule has 0 unspecified atom stereocenters. The Morgan fingerprint density at radius 2 is 1.91 bits per heavy atom. The van der Waals surface area contributed by atoms with Crippen LogP contribution in [0.4, 0.5) is 5.69 Å². The van der Waals surface area contributed by atoms with Crippen LogP contribution >= 0.6 is 11.6 Å². The minimum absolute atomic E-state index is 0.0764. The Bertz CT molecular complexity index is 642. The van der Waals surface area contributed by atoms with Crippen LogP contribution in [-0.4, -0.2) is 19.6 Å². The van der Waals surface area contributed by atoms with Crippen molar-refractivity contribution in [3.05, 3.63) is 58.6 Å². The third-order valence-electron chi connectivity index (χ3n) is 3.22. The summed E-state index contributed by atoms with van der Waals surface area (Å²) in [4.78, 5) is 11.8. The van der Waals surface area contributed by atoms with Gasteiger partial charge in [-0.15, -0.1) is 0 Å². The number of ether oxygens (including phenoxy) is 1. The largest absolute Gasteiger partial charge is 0.495 e. The van der Waals surface area contributed by atoms with Crippen LogP contribution in [0.3, 0.4) is 0 Å². The summed E-state index contributed by atoms with van der Waals surface area (Å²) in [5.41, 5.74) is 3.05. The molecular weight excluding hydrogens is 300 g/mol. The predicted octanol–water partition coefficient (Wildman–Crippen LogP) is 3.39. The lowest BCUT2D eigenvalue weighted by molar-refractivity contribution is -0.119. The first-order valence-corrected chi connectivity index (χ1v) is 7.36. The van der Waals surface area contributed by atoms with E-state index in [0.717, 1.165) is 11.3 Å². The lowest BCUT2D eigenvalue weighted by Gasteiger charge is -2.10. The number of carbonyl (C=O) groups excluding carboxylic acids is 1. The van der Waals surface area contributed by atoms with E-state index in [4.69, 9.17) is 16.3 Å². The quantitative estimate of drug-likeness (QED) is 0.858. The van der Waals surface area contributed by atoms with E-state index >= 15 is 0 Å². The molecule has 2 rings (SSSR count). The van der Waals surface area contributed by atoms with Gasteiger partial charge < -0.3 is 15.4 Å². The SMILES string of the molecule is COc1ccc(NCC(=O)NCc2ccc(C)cc2)cc1Cl. The van der Waals surface area contributed by atoms with Crippen LogP contribution < -0.4 is 15.4 Å². The van der Waals surface area contributed by atoms with Crippen LogP contribution in [0.15, 0.2) is 42.5 Å². The highest BCUT2D eigenvalue weighted by atomic mass is 35.5. The first kappa shape index (κ1) is 16.2. The Hall–Kier alpha value is -2.20. The maximum atomic E-state index is 11.8. The molecule has 0 aliphatic rings. The van der Waals surface area contributed by atoms with Gasteiger partial charge in [-0.3, -0.25) is 4.79 Å². The van der Waals surface area contributed by atoms with Gasteiger partial charge in [-0.25, -0.2) is 0 Å². The Balaban J connectivity index is 1.80. The first-order chi connectivity index (χ1) is 10.6. The minimum atomic E-state index is -0.0764. The molecule has 0 radical (unpaired) electrons. The van der Waals surface area contributed by atoms with Gasteiger partial charge in [0.2, 0.25) is 5.91 Å². The molecular formula is C17H19ClN2O2. The third kappa shape index (κ3) is 4.67. The van der Waals surface area contributed by atoms with E-state index in [9.17, 15) is 4.79 Å². The van der Waals surface area contributed by atoms with Crippen molar-refractivity contribution >= 4 is 23.2 Å². The average Bonchev–Trinajstić information content (AvgIpc) is 2.52. The zero-order valence-corrected chi connectivity index (χ0v) is 13.4. The van der Waals surface area contributed by atoms with Crippen molar-refractivity contribution in [2.75, 3.05) is 19.0 Å². The van der Waals surface area contributed by atoms with E-state index in [2.05, 4.69) is 10.6 Å². The lowest BCUT2D eigenvalue weighted by atomic mass is 10.1. The van der Waals surface area contributed by atoms with Crippen molar-refractivity contribution in [1.82, 2.24) is 5.32 Å². The van der Waals surface area contributed by atoms with Crippen molar-refractivity contribution in [2.45, 2.75) is 13.5 Å². The molecule has 0 saturated carbocycles. The second-order valence-electron chi connectivity index (χ2n) is 4.97. The van der Waals surface area contributed by atoms with E-state index in [1.54, 1.807) is 19.2 Å². The third-order valence-corrected chi connectivity index (χ3v) is 3.51. The van der Waals surface area contributed by atoms with Crippen LogP contribution in [0.25, 0.3) is 0 Å². The molecule has 0 aliphatic heterocycles. The number of benzene rings is 2. The van der Waals surface area contributed by atoms with Gasteiger partial charge in [-0.05, 0) is 30.7 Å². The van der Waals surface area contributed by atoms with E-state index in [0.29, 0.717) is 17.3 Å². The number of rotatable bonds is 6. The fourth-order valence-electron chi connectivity index (χ4n) is 1.93. The Labute approximate surface area is 135 Å². The standard InChI is InChI=1S/C17H19ClN2O2/c1-12-3-5-13(6-4-12)10-20-17(21)11-19-14-7-8-16(22-2)15(18)9-14/h3-9,19H,10-11H2,1-2H3,(H,20,21). The van der Waals surface area contributed by atoms with Gasteiger partial charge in [-0.1, -0.05) is 41.4 Å². The smallest absolute Gasteiger partial charge is 0.239 e. The summed E-state index contributed by atoms with van der Waals surface area (Å²) in [6, 6.07) is 13.4. The average molecular weight is 319 g/mol. The molecule has 0 fully saturated rings. The van der Waals surface area contributed by atoms with E-state index < -0.39 is 0 Å². The minimum Gasteiger partial charge on any atom is -0.495 e. The highest BCUT2D eigenvalue weighted by Crippen LogP contribution is 2.26. The molecule has 2 N–H and O–H groups in total. The monoisotopic (exact) mass is 318 g/mol. The number of aryl methyl sites for hydroxylation is 1. The highest BCUT2D eigenvalue weighted by Gasteiger charge is 2.04. The number of nitrogens with one attached hydrogen (secondary N) is 2. The summed E-state index contributed by atoms with van der Waals surface area (Å²) in [5, 5.41) is 6.40. The summed E-state index contributed by atoms with van der Waals surface area (Å²) in [7, 11) is 1.56. The molecule has 22 heavy (non-hydrogen) atoms. The van der Waals surface area contributed by atoms with Crippen LogP contribution in [0, 0.1) is 6.92 Å². The molecule has 0 bridgehead atoms. The van der Waals surface area contributed by atoms with Gasteiger partial charge in [0.15, 0.2) is 0 Å². The van der Waals surface area contributed by atoms with Gasteiger partial charge in [0.05, 0.1) is 18.7 Å². The van der Waals surface area contributed by atoms with Gasteiger partial charge in [0.1, 0.15) is 5.75 Å². The first-order valence-electron chi connectivity index (χ1n) is 6.98. The van der Waals surface area contributed by atoms with Gasteiger partial charge in [0.25, 0.3) is 0 Å². The summed E-state index contributed by atoms with van der Waals surface area (Å²) >= 11 is 6.03. The zero-order chi connectivity index (χ0) is 15.9. The molecule has 0 aromatic heterocycles. The normalized spacial score (nSPS) is 10.1. The molecule has 2 aromatic rings. The summed E-state index contributed by atoms with van der Waals surface area (Å²) in [5.74, 6) is 0.531. The maximum Gasteiger partial charge on any atom is 0.239 e. The number of anilines is 1. The second-order valence-corrected chi connectivity index (χ2v) is 5.37. The predicted molar refractivity (Wildman–Crippen MR) is 89.5 cm³/mol. The van der Waals surface area contributed by atoms with Gasteiger partial charge in [-0.2, -0.15) is 0 Å². The van der Waals surface area contributed by atoms with Crippen molar-refractivity contribution in [3.8, 4) is 5.75 Å². The lowest BCUT2D eigenvalue weighted by Crippen LogP contribution is -2.29. The molecule has 1 amide bonds. The number of halogens is 1. The second kappa shape index (κ2) is 7.71. The molecule has 0 saturated heterocycles.